The van der Waals surface area contributed by atoms with E-state index in [1.165, 1.54) is 0 Å². The SMILES string of the molecule is Nc1nc2nc[nH]c2c(=[Se])[nH]1.[Cl][Pt][Cl]. The molecule has 2 rings (SSSR count). The van der Waals surface area contributed by atoms with E-state index in [0.717, 1.165) is 9.71 Å². The van der Waals surface area contributed by atoms with Gasteiger partial charge in [-0.15, -0.1) is 0 Å². The van der Waals surface area contributed by atoms with Crippen molar-refractivity contribution in [3.05, 3.63) is 10.5 Å². The molecule has 0 fully saturated rings. The summed E-state index contributed by atoms with van der Waals surface area (Å²) in [6, 6.07) is 0. The molecule has 2 aromatic rings. The number of rotatable bonds is 0. The summed E-state index contributed by atoms with van der Waals surface area (Å²) in [5, 5.41) is 0. The van der Waals surface area contributed by atoms with Crippen molar-refractivity contribution in [3.8, 4) is 0 Å². The molecule has 2 aromatic heterocycles. The number of imidazole rings is 1. The first kappa shape index (κ1) is 12.2. The van der Waals surface area contributed by atoms with Gasteiger partial charge in [-0.1, -0.05) is 0 Å². The molecular weight excluding hydrogens is 475 g/mol. The fourth-order valence-corrected chi connectivity index (χ4v) is 1.39. The predicted octanol–water partition coefficient (Wildman–Crippen LogP) is 0.945. The Labute approximate surface area is 104 Å². The Balaban J connectivity index is 0.000000293. The van der Waals surface area contributed by atoms with E-state index in [4.69, 9.17) is 24.6 Å². The average Bonchev–Trinajstić information content (AvgIpc) is 2.53. The Morgan fingerprint density at radius 1 is 1.50 bits per heavy atom. The molecule has 0 aliphatic rings. The molecule has 0 bridgehead atoms. The molecule has 0 aliphatic carbocycles. The van der Waals surface area contributed by atoms with Crippen molar-refractivity contribution in [3.63, 3.8) is 0 Å². The number of nitrogens with one attached hydrogen (secondary N) is 2. The van der Waals surface area contributed by atoms with Crippen LogP contribution < -0.4 is 5.73 Å². The molecule has 2 heterocycles. The maximum atomic E-state index is 5.44. The number of fused-ring (bicyclic) bond motifs is 1. The minimum absolute atomic E-state index is 0.360. The fraction of sp³-hybridized carbons (Fsp3) is 0. The van der Waals surface area contributed by atoms with E-state index in [1.54, 1.807) is 6.33 Å². The Bertz CT molecular complexity index is 468. The molecule has 0 radical (unpaired) electrons. The number of anilines is 1. The van der Waals surface area contributed by atoms with Gasteiger partial charge in [-0.25, -0.2) is 0 Å². The van der Waals surface area contributed by atoms with Gasteiger partial charge in [-0.05, 0) is 0 Å². The quantitative estimate of drug-likeness (QED) is 0.492. The van der Waals surface area contributed by atoms with Gasteiger partial charge in [0, 0.05) is 0 Å². The normalized spacial score (nSPS) is 9.86. The van der Waals surface area contributed by atoms with Crippen molar-refractivity contribution in [1.29, 1.82) is 0 Å². The van der Waals surface area contributed by atoms with Crippen LogP contribution in [0.2, 0.25) is 0 Å². The van der Waals surface area contributed by atoms with Crippen LogP contribution in [0.3, 0.4) is 0 Å². The van der Waals surface area contributed by atoms with Crippen LogP contribution in [-0.2, 0) is 16.5 Å². The molecule has 0 saturated heterocycles. The van der Waals surface area contributed by atoms with Crippen molar-refractivity contribution in [1.82, 2.24) is 19.9 Å². The van der Waals surface area contributed by atoms with E-state index in [9.17, 15) is 0 Å². The van der Waals surface area contributed by atoms with Gasteiger partial charge in [0.05, 0.1) is 0 Å². The average molecular weight is 480 g/mol. The molecule has 9 heteroatoms. The summed E-state index contributed by atoms with van der Waals surface area (Å²) in [5.74, 6) is 0.360. The first-order valence-electron chi connectivity index (χ1n) is 3.20. The number of aromatic amines is 2. The zero-order valence-electron chi connectivity index (χ0n) is 6.53. The van der Waals surface area contributed by atoms with E-state index >= 15 is 0 Å². The number of hydrogen-bond acceptors (Lipinski definition) is 3. The Hall–Kier alpha value is 0.138. The van der Waals surface area contributed by atoms with Gasteiger partial charge >= 0.3 is 104 Å². The van der Waals surface area contributed by atoms with Gasteiger partial charge in [0.1, 0.15) is 0 Å². The first-order valence-corrected chi connectivity index (χ1v) is 9.69. The standard InChI is InChI=1S/C5H5N5Se.2ClH.Pt/c6-5-9-3-2(4(11)10-5)7-1-8-3;;;/h1H,(H4,6,7,8,9,10,11);2*1H;/q;;;+2/p-2. The van der Waals surface area contributed by atoms with Gasteiger partial charge in [0.25, 0.3) is 0 Å². The van der Waals surface area contributed by atoms with Crippen molar-refractivity contribution < 1.29 is 16.5 Å². The van der Waals surface area contributed by atoms with Gasteiger partial charge < -0.3 is 0 Å². The molecule has 0 atom stereocenters. The molecule has 0 saturated carbocycles. The van der Waals surface area contributed by atoms with Crippen LogP contribution in [0.4, 0.5) is 5.95 Å². The summed E-state index contributed by atoms with van der Waals surface area (Å²) in [5.41, 5.74) is 6.91. The molecule has 0 spiro atoms. The van der Waals surface area contributed by atoms with E-state index in [1.807, 2.05) is 0 Å². The third-order valence-corrected chi connectivity index (χ3v) is 1.96. The monoisotopic (exact) mass is 480 g/mol. The number of nitrogen functional groups attached to an aromatic ring is 1. The number of halogens is 2. The molecule has 0 aromatic carbocycles. The fourth-order valence-electron chi connectivity index (χ4n) is 0.860. The molecule has 0 unspecified atom stereocenters. The zero-order valence-corrected chi connectivity index (χ0v) is 12.0. The second kappa shape index (κ2) is 5.88. The summed E-state index contributed by atoms with van der Waals surface area (Å²) in [6.07, 6.45) is 1.58. The second-order valence-electron chi connectivity index (χ2n) is 2.10. The zero-order chi connectivity index (χ0) is 10.6. The summed E-state index contributed by atoms with van der Waals surface area (Å²) >= 11 is 2.35. The number of nitrogens with two attached hydrogens (primary N) is 1. The summed E-state index contributed by atoms with van der Waals surface area (Å²) in [7, 11) is 9.75. The molecular formula is C5H5Cl2N5PtSe. The van der Waals surface area contributed by atoms with E-state index in [-0.39, 0.29) is 0 Å². The first-order chi connectivity index (χ1) is 6.69. The Morgan fingerprint density at radius 3 is 2.79 bits per heavy atom. The summed E-state index contributed by atoms with van der Waals surface area (Å²) in [6.45, 7) is 0. The third-order valence-electron chi connectivity index (χ3n) is 1.31. The molecule has 14 heavy (non-hydrogen) atoms. The number of nitrogens with zero attached hydrogens (tertiary/aromatic N) is 2. The summed E-state index contributed by atoms with van der Waals surface area (Å²) < 4.78 is 0.824. The van der Waals surface area contributed by atoms with Crippen molar-refractivity contribution in [2.75, 3.05) is 5.73 Å². The van der Waals surface area contributed by atoms with Crippen molar-refractivity contribution in [2.45, 2.75) is 0 Å². The molecule has 4 N–H and O–H groups in total. The Morgan fingerprint density at radius 2 is 2.14 bits per heavy atom. The number of aromatic nitrogens is 4. The van der Waals surface area contributed by atoms with E-state index in [2.05, 4.69) is 35.5 Å². The van der Waals surface area contributed by atoms with Crippen LogP contribution >= 0.6 is 18.8 Å². The van der Waals surface area contributed by atoms with Crippen LogP contribution in [0.15, 0.2) is 6.33 Å². The molecule has 80 valence electrons. The topological polar surface area (TPSA) is 83.4 Å². The van der Waals surface area contributed by atoms with Crippen LogP contribution in [-0.4, -0.2) is 35.5 Å². The van der Waals surface area contributed by atoms with Crippen LogP contribution in [0.5, 0.6) is 0 Å². The number of hydrogen-bond donors (Lipinski definition) is 3. The third kappa shape index (κ3) is 3.07. The van der Waals surface area contributed by atoms with Gasteiger partial charge in [0.15, 0.2) is 0 Å². The van der Waals surface area contributed by atoms with E-state index in [0.29, 0.717) is 11.6 Å². The predicted molar refractivity (Wildman–Crippen MR) is 53.4 cm³/mol. The van der Waals surface area contributed by atoms with Crippen molar-refractivity contribution >= 4 is 51.5 Å². The minimum atomic E-state index is -0.472. The summed E-state index contributed by atoms with van der Waals surface area (Å²) in [4.78, 5) is 13.7. The second-order valence-corrected chi connectivity index (χ2v) is 6.24. The molecule has 0 aliphatic heterocycles. The van der Waals surface area contributed by atoms with Crippen LogP contribution in [0, 0.1) is 4.19 Å². The van der Waals surface area contributed by atoms with Gasteiger partial charge in [-0.3, -0.25) is 0 Å². The molecule has 0 amide bonds. The van der Waals surface area contributed by atoms with Crippen LogP contribution in [0.1, 0.15) is 0 Å². The van der Waals surface area contributed by atoms with E-state index < -0.39 is 16.5 Å². The maximum absolute atomic E-state index is 5.44. The number of H-pyrrole nitrogens is 2. The Kier molecular flexibility index (Phi) is 5.13. The molecule has 5 nitrogen and oxygen atoms in total. The van der Waals surface area contributed by atoms with Gasteiger partial charge in [0.2, 0.25) is 0 Å². The van der Waals surface area contributed by atoms with Crippen molar-refractivity contribution in [2.24, 2.45) is 0 Å². The van der Waals surface area contributed by atoms with Crippen LogP contribution in [0.25, 0.3) is 11.2 Å². The van der Waals surface area contributed by atoms with Gasteiger partial charge in [-0.2, -0.15) is 0 Å².